The fourth-order valence-electron chi connectivity index (χ4n) is 2.89. The predicted octanol–water partition coefficient (Wildman–Crippen LogP) is 2.37. The quantitative estimate of drug-likeness (QED) is 0.423. The van der Waals surface area contributed by atoms with E-state index in [0.29, 0.717) is 46.9 Å². The Hall–Kier alpha value is -2.78. The fraction of sp³-hybridized carbons (Fsp3) is 0.350. The van der Waals surface area contributed by atoms with Gasteiger partial charge < -0.3 is 10.2 Å². The zero-order chi connectivity index (χ0) is 22.0. The number of rotatable bonds is 9. The lowest BCUT2D eigenvalue weighted by Gasteiger charge is -2.09. The number of terminal acetylenes is 1. The van der Waals surface area contributed by atoms with Crippen LogP contribution in [0.25, 0.3) is 10.7 Å². The maximum atomic E-state index is 12.5. The third kappa shape index (κ3) is 5.11. The molecular weight excluding hydrogens is 434 g/mol. The number of hydrogen-bond donors (Lipinski definition) is 3. The Morgan fingerprint density at radius 2 is 2.16 bits per heavy atom. The molecule has 9 nitrogen and oxygen atoms in total. The van der Waals surface area contributed by atoms with Crippen LogP contribution in [0.4, 0.5) is 11.6 Å². The van der Waals surface area contributed by atoms with E-state index in [1.54, 1.807) is 18.3 Å². The van der Waals surface area contributed by atoms with E-state index >= 15 is 0 Å². The topological polar surface area (TPSA) is 116 Å². The normalized spacial score (nSPS) is 14.0. The molecular formula is C20H23N7O2S2. The summed E-state index contributed by atoms with van der Waals surface area (Å²) >= 11 is 1.11. The molecule has 0 radical (unpaired) electrons. The number of nitrogens with zero attached hydrogens (tertiary/aromatic N) is 4. The van der Waals surface area contributed by atoms with E-state index in [9.17, 15) is 8.42 Å². The van der Waals surface area contributed by atoms with Crippen molar-refractivity contribution in [1.82, 2.24) is 29.8 Å². The molecule has 3 heterocycles. The average molecular weight is 458 g/mol. The van der Waals surface area contributed by atoms with Crippen molar-refractivity contribution in [3.8, 4) is 23.0 Å². The van der Waals surface area contributed by atoms with Crippen molar-refractivity contribution < 1.29 is 8.42 Å². The number of likely N-dealkylation sites (N-methyl/N-ethyl adjacent to an activating group) is 1. The summed E-state index contributed by atoms with van der Waals surface area (Å²) in [7, 11) is 0.180. The molecule has 31 heavy (non-hydrogen) atoms. The molecule has 1 aliphatic rings. The second-order valence-corrected chi connectivity index (χ2v) is 10.6. The second kappa shape index (κ2) is 8.76. The molecule has 1 fully saturated rings. The molecule has 0 bridgehead atoms. The van der Waals surface area contributed by atoms with Crippen LogP contribution in [0.5, 0.6) is 0 Å². The van der Waals surface area contributed by atoms with E-state index in [1.165, 1.54) is 12.8 Å². The third-order valence-corrected chi connectivity index (χ3v) is 7.76. The SMILES string of the molecule is C#Cc1cnc(-c2ccc(S(=O)(=O)NCCN(C)C)s2)nc1Nc1cc(C2CC2)[nH]n1. The molecule has 0 atom stereocenters. The molecule has 0 amide bonds. The zero-order valence-electron chi connectivity index (χ0n) is 17.2. The molecule has 3 N–H and O–H groups in total. The number of hydrogen-bond acceptors (Lipinski definition) is 8. The van der Waals surface area contributed by atoms with Gasteiger partial charge in [-0.2, -0.15) is 5.10 Å². The highest BCUT2D eigenvalue weighted by Gasteiger charge is 2.25. The van der Waals surface area contributed by atoms with Crippen LogP contribution in [0.1, 0.15) is 30.0 Å². The van der Waals surface area contributed by atoms with Crippen LogP contribution in [0.3, 0.4) is 0 Å². The molecule has 0 spiro atoms. The van der Waals surface area contributed by atoms with Gasteiger partial charge in [-0.25, -0.2) is 23.1 Å². The summed E-state index contributed by atoms with van der Waals surface area (Å²) < 4.78 is 27.8. The van der Waals surface area contributed by atoms with Crippen LogP contribution >= 0.6 is 11.3 Å². The average Bonchev–Trinajstić information content (AvgIpc) is 3.25. The maximum Gasteiger partial charge on any atom is 0.250 e. The van der Waals surface area contributed by atoms with Crippen LogP contribution in [-0.4, -0.2) is 60.7 Å². The van der Waals surface area contributed by atoms with Crippen molar-refractivity contribution in [3.05, 3.63) is 35.7 Å². The van der Waals surface area contributed by atoms with Gasteiger partial charge in [0.1, 0.15) is 4.21 Å². The first-order chi connectivity index (χ1) is 14.9. The highest BCUT2D eigenvalue weighted by molar-refractivity contribution is 7.91. The lowest BCUT2D eigenvalue weighted by molar-refractivity contribution is 0.412. The van der Waals surface area contributed by atoms with E-state index in [-0.39, 0.29) is 4.21 Å². The molecule has 1 saturated carbocycles. The summed E-state index contributed by atoms with van der Waals surface area (Å²) in [5, 5.41) is 10.5. The number of aromatic nitrogens is 4. The molecule has 3 aromatic rings. The summed E-state index contributed by atoms with van der Waals surface area (Å²) in [5.41, 5.74) is 1.59. The Bertz CT molecular complexity index is 1220. The summed E-state index contributed by atoms with van der Waals surface area (Å²) in [6, 6.07) is 5.20. The Balaban J connectivity index is 1.54. The van der Waals surface area contributed by atoms with Crippen LogP contribution in [0.15, 0.2) is 28.6 Å². The maximum absolute atomic E-state index is 12.5. The molecule has 162 valence electrons. The van der Waals surface area contributed by atoms with E-state index in [0.717, 1.165) is 17.0 Å². The second-order valence-electron chi connectivity index (χ2n) is 7.53. The molecule has 0 saturated heterocycles. The van der Waals surface area contributed by atoms with Crippen molar-refractivity contribution in [2.75, 3.05) is 32.5 Å². The smallest absolute Gasteiger partial charge is 0.250 e. The molecule has 1 aliphatic carbocycles. The Morgan fingerprint density at radius 1 is 1.35 bits per heavy atom. The Labute approximate surface area is 185 Å². The van der Waals surface area contributed by atoms with Crippen LogP contribution in [-0.2, 0) is 10.0 Å². The molecule has 11 heteroatoms. The summed E-state index contributed by atoms with van der Waals surface area (Å²) in [6.45, 7) is 0.940. The van der Waals surface area contributed by atoms with Gasteiger partial charge in [0.2, 0.25) is 10.0 Å². The zero-order valence-corrected chi connectivity index (χ0v) is 18.8. The molecule has 0 unspecified atom stereocenters. The minimum absolute atomic E-state index is 0.210. The number of thiophene rings is 1. The summed E-state index contributed by atoms with van der Waals surface area (Å²) in [5.74, 6) is 4.58. The number of aromatic amines is 1. The van der Waals surface area contributed by atoms with E-state index in [1.807, 2.05) is 25.1 Å². The van der Waals surface area contributed by atoms with Crippen molar-refractivity contribution in [1.29, 1.82) is 0 Å². The van der Waals surface area contributed by atoms with Gasteiger partial charge in [-0.05, 0) is 39.1 Å². The van der Waals surface area contributed by atoms with Gasteiger partial charge >= 0.3 is 0 Å². The Morgan fingerprint density at radius 3 is 2.87 bits per heavy atom. The monoisotopic (exact) mass is 457 g/mol. The van der Waals surface area contributed by atoms with Gasteiger partial charge in [-0.3, -0.25) is 5.10 Å². The summed E-state index contributed by atoms with van der Waals surface area (Å²) in [4.78, 5) is 11.4. The summed E-state index contributed by atoms with van der Waals surface area (Å²) in [6.07, 6.45) is 9.48. The van der Waals surface area contributed by atoms with E-state index in [2.05, 4.69) is 36.1 Å². The first kappa shape index (κ1) is 21.5. The van der Waals surface area contributed by atoms with Gasteiger partial charge in [-0.1, -0.05) is 5.92 Å². The lowest BCUT2D eigenvalue weighted by atomic mass is 10.3. The molecule has 3 aromatic heterocycles. The van der Waals surface area contributed by atoms with Crippen LogP contribution < -0.4 is 10.0 Å². The number of nitrogens with one attached hydrogen (secondary N) is 3. The van der Waals surface area contributed by atoms with Crippen LogP contribution in [0.2, 0.25) is 0 Å². The number of anilines is 2. The number of H-pyrrole nitrogens is 1. The standard InChI is InChI=1S/C20H23N7O2S2/c1-4-13-12-21-20(24-19(13)23-17-11-15(25-26-17)14-5-6-14)16-7-8-18(30-16)31(28,29)22-9-10-27(2)3/h1,7-8,11-12,14,22H,5-6,9-10H2,2-3H3,(H2,21,23,24,25,26). The van der Waals surface area contributed by atoms with Crippen molar-refractivity contribution >= 4 is 33.0 Å². The van der Waals surface area contributed by atoms with Gasteiger partial charge in [0.15, 0.2) is 17.5 Å². The first-order valence-electron chi connectivity index (χ1n) is 9.76. The minimum Gasteiger partial charge on any atom is -0.322 e. The number of sulfonamides is 1. The Kier molecular flexibility index (Phi) is 6.06. The first-order valence-corrected chi connectivity index (χ1v) is 12.1. The fourth-order valence-corrected chi connectivity index (χ4v) is 5.20. The highest BCUT2D eigenvalue weighted by atomic mass is 32.2. The van der Waals surface area contributed by atoms with Crippen molar-refractivity contribution in [2.45, 2.75) is 23.0 Å². The van der Waals surface area contributed by atoms with Crippen LogP contribution in [0, 0.1) is 12.3 Å². The molecule has 4 rings (SSSR count). The predicted molar refractivity (Wildman–Crippen MR) is 121 cm³/mol. The van der Waals surface area contributed by atoms with Crippen molar-refractivity contribution in [3.63, 3.8) is 0 Å². The lowest BCUT2D eigenvalue weighted by Crippen LogP contribution is -2.30. The van der Waals surface area contributed by atoms with Gasteiger partial charge in [0.25, 0.3) is 0 Å². The van der Waals surface area contributed by atoms with Crippen molar-refractivity contribution in [2.24, 2.45) is 0 Å². The van der Waals surface area contributed by atoms with Gasteiger partial charge in [0.05, 0.1) is 10.4 Å². The van der Waals surface area contributed by atoms with Gasteiger partial charge in [-0.15, -0.1) is 17.8 Å². The third-order valence-electron chi connectivity index (χ3n) is 4.72. The van der Waals surface area contributed by atoms with E-state index in [4.69, 9.17) is 6.42 Å². The van der Waals surface area contributed by atoms with Gasteiger partial charge in [0, 0.05) is 37.0 Å². The highest BCUT2D eigenvalue weighted by Crippen LogP contribution is 2.39. The van der Waals surface area contributed by atoms with E-state index < -0.39 is 10.0 Å². The minimum atomic E-state index is -3.59. The molecule has 0 aromatic carbocycles. The molecule has 0 aliphatic heterocycles. The largest absolute Gasteiger partial charge is 0.322 e.